The van der Waals surface area contributed by atoms with E-state index in [1.165, 1.54) is 39.1 Å². The van der Waals surface area contributed by atoms with Crippen molar-refractivity contribution in [3.63, 3.8) is 0 Å². The minimum atomic E-state index is 0.142. The molecule has 1 nitrogen and oxygen atoms in total. The maximum absolute atomic E-state index is 8.86. The van der Waals surface area contributed by atoms with Gasteiger partial charge in [0, 0.05) is 6.42 Å². The SMILES string of the molecule is CC(CC#N)CCCC(C)(C)c1ccc2cc3ccc(C(C)(C)C)cc3cc2c1. The Morgan fingerprint density at radius 3 is 1.93 bits per heavy atom. The first kappa shape index (κ1) is 21.4. The van der Waals surface area contributed by atoms with E-state index in [0.29, 0.717) is 12.3 Å². The third-order valence-corrected chi connectivity index (χ3v) is 6.38. The topological polar surface area (TPSA) is 23.8 Å². The van der Waals surface area contributed by atoms with Gasteiger partial charge in [0.25, 0.3) is 0 Å². The molecule has 0 aliphatic rings. The van der Waals surface area contributed by atoms with Crippen molar-refractivity contribution in [2.45, 2.75) is 78.1 Å². The van der Waals surface area contributed by atoms with Crippen molar-refractivity contribution in [3.8, 4) is 6.07 Å². The standard InChI is InChI=1S/C28H35N/c1-20(13-15-29)8-7-14-28(5,6)26-12-10-22-16-21-9-11-25(27(2,3)4)18-23(21)17-24(22)19-26/h9-12,16-20H,7-8,13-14H2,1-6H3. The molecule has 3 aromatic rings. The van der Waals surface area contributed by atoms with Gasteiger partial charge in [0.05, 0.1) is 6.07 Å². The zero-order valence-corrected chi connectivity index (χ0v) is 19.0. The highest BCUT2D eigenvalue weighted by molar-refractivity contribution is 5.98. The first-order valence-corrected chi connectivity index (χ1v) is 11.0. The first-order chi connectivity index (χ1) is 13.6. The van der Waals surface area contributed by atoms with Crippen LogP contribution >= 0.6 is 0 Å². The van der Waals surface area contributed by atoms with E-state index in [4.69, 9.17) is 5.26 Å². The third kappa shape index (κ3) is 4.99. The average Bonchev–Trinajstić information content (AvgIpc) is 2.64. The second-order valence-corrected chi connectivity index (χ2v) is 10.5. The second-order valence-electron chi connectivity index (χ2n) is 10.5. The second kappa shape index (κ2) is 8.19. The van der Waals surface area contributed by atoms with Gasteiger partial charge in [0.2, 0.25) is 0 Å². The molecule has 0 saturated carbocycles. The van der Waals surface area contributed by atoms with E-state index < -0.39 is 0 Å². The summed E-state index contributed by atoms with van der Waals surface area (Å²) in [6.07, 6.45) is 4.11. The molecule has 0 fully saturated rings. The van der Waals surface area contributed by atoms with Crippen molar-refractivity contribution in [1.82, 2.24) is 0 Å². The van der Waals surface area contributed by atoms with E-state index in [9.17, 15) is 0 Å². The van der Waals surface area contributed by atoms with Gasteiger partial charge < -0.3 is 0 Å². The average molecular weight is 386 g/mol. The van der Waals surface area contributed by atoms with Crippen LogP contribution in [0.5, 0.6) is 0 Å². The lowest BCUT2D eigenvalue weighted by atomic mass is 9.78. The molecule has 0 radical (unpaired) electrons. The van der Waals surface area contributed by atoms with Crippen molar-refractivity contribution < 1.29 is 0 Å². The highest BCUT2D eigenvalue weighted by Gasteiger charge is 2.21. The fourth-order valence-electron chi connectivity index (χ4n) is 4.18. The van der Waals surface area contributed by atoms with E-state index in [1.807, 2.05) is 0 Å². The van der Waals surface area contributed by atoms with Crippen molar-refractivity contribution in [1.29, 1.82) is 5.26 Å². The van der Waals surface area contributed by atoms with Crippen LogP contribution in [0, 0.1) is 17.2 Å². The van der Waals surface area contributed by atoms with Crippen LogP contribution in [0.3, 0.4) is 0 Å². The van der Waals surface area contributed by atoms with Crippen molar-refractivity contribution >= 4 is 21.5 Å². The zero-order chi connectivity index (χ0) is 21.2. The van der Waals surface area contributed by atoms with Crippen LogP contribution in [0.1, 0.15) is 78.4 Å². The number of nitrogens with zero attached hydrogens (tertiary/aromatic N) is 1. The number of hydrogen-bond acceptors (Lipinski definition) is 1. The Kier molecular flexibility index (Phi) is 6.04. The number of rotatable bonds is 6. The van der Waals surface area contributed by atoms with Crippen LogP contribution in [0.4, 0.5) is 0 Å². The number of fused-ring (bicyclic) bond motifs is 2. The molecule has 1 atom stereocenters. The van der Waals surface area contributed by atoms with Gasteiger partial charge in [0.1, 0.15) is 0 Å². The van der Waals surface area contributed by atoms with E-state index >= 15 is 0 Å². The van der Waals surface area contributed by atoms with Gasteiger partial charge in [-0.3, -0.25) is 0 Å². The Morgan fingerprint density at radius 1 is 0.793 bits per heavy atom. The highest BCUT2D eigenvalue weighted by atomic mass is 14.3. The van der Waals surface area contributed by atoms with E-state index in [1.54, 1.807) is 0 Å². The highest BCUT2D eigenvalue weighted by Crippen LogP contribution is 2.34. The smallest absolute Gasteiger partial charge is 0.0624 e. The molecule has 0 aliphatic heterocycles. The lowest BCUT2D eigenvalue weighted by Crippen LogP contribution is -2.17. The van der Waals surface area contributed by atoms with Crippen molar-refractivity contribution in [3.05, 3.63) is 59.7 Å². The van der Waals surface area contributed by atoms with Gasteiger partial charge in [-0.2, -0.15) is 5.26 Å². The normalized spacial score (nSPS) is 13.6. The molecule has 0 bridgehead atoms. The Labute approximate surface area is 176 Å². The number of benzene rings is 3. The summed E-state index contributed by atoms with van der Waals surface area (Å²) < 4.78 is 0. The molecule has 0 amide bonds. The lowest BCUT2D eigenvalue weighted by Gasteiger charge is -2.26. The van der Waals surface area contributed by atoms with Crippen LogP contribution in [0.15, 0.2) is 48.5 Å². The summed E-state index contributed by atoms with van der Waals surface area (Å²) in [5.74, 6) is 0.496. The Morgan fingerprint density at radius 2 is 1.34 bits per heavy atom. The van der Waals surface area contributed by atoms with Gasteiger partial charge in [-0.1, -0.05) is 84.4 Å². The van der Waals surface area contributed by atoms with Gasteiger partial charge in [0.15, 0.2) is 0 Å². The Balaban J connectivity index is 1.89. The van der Waals surface area contributed by atoms with Crippen LogP contribution in [0.25, 0.3) is 21.5 Å². The molecule has 0 N–H and O–H groups in total. The van der Waals surface area contributed by atoms with Gasteiger partial charge in [-0.05, 0) is 74.4 Å². The summed E-state index contributed by atoms with van der Waals surface area (Å²) in [4.78, 5) is 0. The van der Waals surface area contributed by atoms with E-state index in [-0.39, 0.29) is 10.8 Å². The molecule has 1 heteroatoms. The number of nitriles is 1. The summed E-state index contributed by atoms with van der Waals surface area (Å²) in [5.41, 5.74) is 3.09. The van der Waals surface area contributed by atoms with E-state index in [2.05, 4.69) is 96.1 Å². The van der Waals surface area contributed by atoms with Crippen LogP contribution in [-0.2, 0) is 10.8 Å². The molecule has 0 aromatic heterocycles. The monoisotopic (exact) mass is 385 g/mol. The molecule has 0 saturated heterocycles. The molecular weight excluding hydrogens is 350 g/mol. The molecule has 29 heavy (non-hydrogen) atoms. The fourth-order valence-corrected chi connectivity index (χ4v) is 4.18. The summed E-state index contributed by atoms with van der Waals surface area (Å²) in [6.45, 7) is 13.7. The van der Waals surface area contributed by atoms with Crippen LogP contribution < -0.4 is 0 Å². The molecular formula is C28H35N. The molecule has 0 spiro atoms. The molecule has 152 valence electrons. The molecule has 3 rings (SSSR count). The predicted molar refractivity (Wildman–Crippen MR) is 126 cm³/mol. The summed E-state index contributed by atoms with van der Waals surface area (Å²) in [6, 6.07) is 20.8. The minimum Gasteiger partial charge on any atom is -0.198 e. The third-order valence-electron chi connectivity index (χ3n) is 6.38. The van der Waals surface area contributed by atoms with E-state index in [0.717, 1.165) is 12.8 Å². The van der Waals surface area contributed by atoms with Crippen molar-refractivity contribution in [2.24, 2.45) is 5.92 Å². The zero-order valence-electron chi connectivity index (χ0n) is 19.0. The molecule has 0 aliphatic carbocycles. The minimum absolute atomic E-state index is 0.142. The van der Waals surface area contributed by atoms with Gasteiger partial charge in [-0.15, -0.1) is 0 Å². The summed E-state index contributed by atoms with van der Waals surface area (Å²) in [7, 11) is 0. The Bertz CT molecular complexity index is 1040. The molecule has 1 unspecified atom stereocenters. The van der Waals surface area contributed by atoms with Crippen molar-refractivity contribution in [2.75, 3.05) is 0 Å². The quantitative estimate of drug-likeness (QED) is 0.391. The largest absolute Gasteiger partial charge is 0.198 e. The molecule has 0 heterocycles. The predicted octanol–water partition coefficient (Wildman–Crippen LogP) is 8.29. The number of hydrogen-bond donors (Lipinski definition) is 0. The maximum Gasteiger partial charge on any atom is 0.0624 e. The maximum atomic E-state index is 8.86. The van der Waals surface area contributed by atoms with Crippen LogP contribution in [-0.4, -0.2) is 0 Å². The van der Waals surface area contributed by atoms with Gasteiger partial charge >= 0.3 is 0 Å². The summed E-state index contributed by atoms with van der Waals surface area (Å²) >= 11 is 0. The lowest BCUT2D eigenvalue weighted by molar-refractivity contribution is 0.416. The Hall–Kier alpha value is -2.33. The fraction of sp³-hybridized carbons (Fsp3) is 0.464. The van der Waals surface area contributed by atoms with Gasteiger partial charge in [-0.25, -0.2) is 0 Å². The first-order valence-electron chi connectivity index (χ1n) is 11.0. The molecule has 3 aromatic carbocycles. The summed E-state index contributed by atoms with van der Waals surface area (Å²) in [5, 5.41) is 14.1. The van der Waals surface area contributed by atoms with Crippen LogP contribution in [0.2, 0.25) is 0 Å².